The molecule has 3 rings (SSSR count). The Hall–Kier alpha value is -2.63. The minimum absolute atomic E-state index is 0.0706. The highest BCUT2D eigenvalue weighted by molar-refractivity contribution is 5.95. The van der Waals surface area contributed by atoms with Crippen molar-refractivity contribution in [1.82, 2.24) is 15.3 Å². The topological polar surface area (TPSA) is 76.1 Å². The maximum atomic E-state index is 12.6. The Morgan fingerprint density at radius 1 is 1.22 bits per heavy atom. The molecule has 27 heavy (non-hydrogen) atoms. The van der Waals surface area contributed by atoms with Gasteiger partial charge in [-0.15, -0.1) is 0 Å². The number of aryl methyl sites for hydroxylation is 1. The van der Waals surface area contributed by atoms with Gasteiger partial charge >= 0.3 is 0 Å². The zero-order chi connectivity index (χ0) is 19.1. The van der Waals surface area contributed by atoms with Gasteiger partial charge in [0, 0.05) is 18.8 Å². The summed E-state index contributed by atoms with van der Waals surface area (Å²) in [6.07, 6.45) is 8.64. The predicted molar refractivity (Wildman–Crippen MR) is 106 cm³/mol. The zero-order valence-corrected chi connectivity index (χ0v) is 16.1. The monoisotopic (exact) mass is 368 g/mol. The van der Waals surface area contributed by atoms with Crippen molar-refractivity contribution >= 4 is 11.9 Å². The van der Waals surface area contributed by atoms with Crippen LogP contribution < -0.4 is 15.4 Å². The highest BCUT2D eigenvalue weighted by Crippen LogP contribution is 2.18. The molecule has 0 unspecified atom stereocenters. The van der Waals surface area contributed by atoms with Crippen LogP contribution in [0.25, 0.3) is 0 Å². The predicted octanol–water partition coefficient (Wildman–Crippen LogP) is 3.86. The molecule has 144 valence electrons. The van der Waals surface area contributed by atoms with Crippen LogP contribution in [0.1, 0.15) is 60.1 Å². The van der Waals surface area contributed by atoms with E-state index in [1.807, 2.05) is 31.2 Å². The van der Waals surface area contributed by atoms with E-state index in [2.05, 4.69) is 20.6 Å². The van der Waals surface area contributed by atoms with E-state index in [9.17, 15) is 4.79 Å². The fourth-order valence-electron chi connectivity index (χ4n) is 3.43. The second-order valence-electron chi connectivity index (χ2n) is 7.06. The van der Waals surface area contributed by atoms with Crippen molar-refractivity contribution in [2.45, 2.75) is 58.0 Å². The second kappa shape index (κ2) is 9.35. The quantitative estimate of drug-likeness (QED) is 0.757. The molecule has 0 bridgehead atoms. The molecule has 0 radical (unpaired) electrons. The summed E-state index contributed by atoms with van der Waals surface area (Å²) in [7, 11) is 1.65. The molecule has 0 aliphatic heterocycles. The number of hydrogen-bond donors (Lipinski definition) is 2. The fourth-order valence-corrected chi connectivity index (χ4v) is 3.43. The molecule has 2 aromatic rings. The number of carbonyl (C=O) groups is 1. The van der Waals surface area contributed by atoms with Gasteiger partial charge in [-0.2, -0.15) is 0 Å². The Balaban J connectivity index is 1.59. The van der Waals surface area contributed by atoms with Crippen molar-refractivity contribution in [1.29, 1.82) is 0 Å². The van der Waals surface area contributed by atoms with E-state index in [4.69, 9.17) is 4.74 Å². The number of anilines is 1. The molecule has 1 saturated carbocycles. The van der Waals surface area contributed by atoms with Crippen molar-refractivity contribution in [2.24, 2.45) is 0 Å². The Labute approximate surface area is 160 Å². The maximum absolute atomic E-state index is 12.6. The van der Waals surface area contributed by atoms with E-state index in [1.54, 1.807) is 13.3 Å². The van der Waals surface area contributed by atoms with Gasteiger partial charge in [0.15, 0.2) is 0 Å². The summed E-state index contributed by atoms with van der Waals surface area (Å²) in [4.78, 5) is 21.3. The van der Waals surface area contributed by atoms with Crippen molar-refractivity contribution in [3.05, 3.63) is 47.3 Å². The van der Waals surface area contributed by atoms with Crippen molar-refractivity contribution in [3.8, 4) is 5.75 Å². The number of methoxy groups -OCH3 is 1. The number of ether oxygens (including phenoxy) is 1. The molecule has 1 aromatic heterocycles. The highest BCUT2D eigenvalue weighted by atomic mass is 16.5. The van der Waals surface area contributed by atoms with Crippen LogP contribution in [0.15, 0.2) is 30.5 Å². The van der Waals surface area contributed by atoms with Crippen LogP contribution in [0.3, 0.4) is 0 Å². The molecule has 1 heterocycles. The summed E-state index contributed by atoms with van der Waals surface area (Å²) >= 11 is 0. The SMILES string of the molecule is COc1cccc(CNc2ncc(C(=O)NC3CCCCCC3)c(C)n2)c1. The lowest BCUT2D eigenvalue weighted by molar-refractivity contribution is 0.0932. The third-order valence-corrected chi connectivity index (χ3v) is 5.00. The summed E-state index contributed by atoms with van der Waals surface area (Å²) in [5.74, 6) is 1.26. The van der Waals surface area contributed by atoms with Crippen LogP contribution in [0, 0.1) is 6.92 Å². The Morgan fingerprint density at radius 2 is 2.00 bits per heavy atom. The van der Waals surface area contributed by atoms with E-state index in [1.165, 1.54) is 25.7 Å². The first-order chi connectivity index (χ1) is 13.2. The average Bonchev–Trinajstić information content (AvgIpc) is 2.95. The first-order valence-electron chi connectivity index (χ1n) is 9.67. The molecule has 1 aliphatic carbocycles. The number of carbonyl (C=O) groups excluding carboxylic acids is 1. The number of rotatable bonds is 6. The molecular weight excluding hydrogens is 340 g/mol. The lowest BCUT2D eigenvalue weighted by atomic mass is 10.1. The summed E-state index contributed by atoms with van der Waals surface area (Å²) < 4.78 is 5.23. The summed E-state index contributed by atoms with van der Waals surface area (Å²) in [6, 6.07) is 8.10. The van der Waals surface area contributed by atoms with Crippen LogP contribution in [0.2, 0.25) is 0 Å². The summed E-state index contributed by atoms with van der Waals surface area (Å²) in [5, 5.41) is 6.35. The van der Waals surface area contributed by atoms with Crippen molar-refractivity contribution in [2.75, 3.05) is 12.4 Å². The lowest BCUT2D eigenvalue weighted by Crippen LogP contribution is -2.35. The minimum Gasteiger partial charge on any atom is -0.497 e. The second-order valence-corrected chi connectivity index (χ2v) is 7.06. The van der Waals surface area contributed by atoms with Gasteiger partial charge in [0.2, 0.25) is 5.95 Å². The van der Waals surface area contributed by atoms with Gasteiger partial charge in [0.1, 0.15) is 5.75 Å². The van der Waals surface area contributed by atoms with E-state index in [0.717, 1.165) is 24.2 Å². The number of nitrogens with zero attached hydrogens (tertiary/aromatic N) is 2. The molecule has 0 saturated heterocycles. The van der Waals surface area contributed by atoms with Crippen LogP contribution >= 0.6 is 0 Å². The number of amides is 1. The number of hydrogen-bond acceptors (Lipinski definition) is 5. The van der Waals surface area contributed by atoms with Gasteiger partial charge in [-0.1, -0.05) is 37.8 Å². The molecule has 6 heteroatoms. The molecule has 1 amide bonds. The number of benzene rings is 1. The first kappa shape index (κ1) is 19.1. The normalized spacial score (nSPS) is 15.0. The van der Waals surface area contributed by atoms with E-state index >= 15 is 0 Å². The lowest BCUT2D eigenvalue weighted by Gasteiger charge is -2.17. The Bertz CT molecular complexity index is 771. The van der Waals surface area contributed by atoms with E-state index < -0.39 is 0 Å². The summed E-state index contributed by atoms with van der Waals surface area (Å²) in [6.45, 7) is 2.44. The standard InChI is InChI=1S/C21H28N4O2/c1-15-19(20(26)25-17-9-5-3-4-6-10-17)14-23-21(24-15)22-13-16-8-7-11-18(12-16)27-2/h7-8,11-12,14,17H,3-6,9-10,13H2,1-2H3,(H,25,26)(H,22,23,24). The number of aromatic nitrogens is 2. The van der Waals surface area contributed by atoms with Gasteiger partial charge in [-0.25, -0.2) is 9.97 Å². The zero-order valence-electron chi connectivity index (χ0n) is 16.1. The van der Waals surface area contributed by atoms with Crippen LogP contribution in [0.4, 0.5) is 5.95 Å². The molecule has 1 aliphatic rings. The van der Waals surface area contributed by atoms with Crippen molar-refractivity contribution < 1.29 is 9.53 Å². The largest absolute Gasteiger partial charge is 0.497 e. The van der Waals surface area contributed by atoms with Crippen LogP contribution in [-0.2, 0) is 6.54 Å². The molecule has 0 atom stereocenters. The Morgan fingerprint density at radius 3 is 2.70 bits per heavy atom. The van der Waals surface area contributed by atoms with E-state index in [0.29, 0.717) is 23.8 Å². The molecule has 1 fully saturated rings. The molecular formula is C21H28N4O2. The third kappa shape index (κ3) is 5.42. The molecule has 0 spiro atoms. The third-order valence-electron chi connectivity index (χ3n) is 5.00. The minimum atomic E-state index is -0.0706. The van der Waals surface area contributed by atoms with Gasteiger partial charge in [0.25, 0.3) is 5.91 Å². The van der Waals surface area contributed by atoms with E-state index in [-0.39, 0.29) is 11.9 Å². The highest BCUT2D eigenvalue weighted by Gasteiger charge is 2.18. The van der Waals surface area contributed by atoms with Gasteiger partial charge in [-0.3, -0.25) is 4.79 Å². The fraction of sp³-hybridized carbons (Fsp3) is 0.476. The van der Waals surface area contributed by atoms with Crippen molar-refractivity contribution in [3.63, 3.8) is 0 Å². The van der Waals surface area contributed by atoms with Gasteiger partial charge in [-0.05, 0) is 37.5 Å². The first-order valence-corrected chi connectivity index (χ1v) is 9.67. The smallest absolute Gasteiger partial charge is 0.254 e. The number of nitrogens with one attached hydrogen (secondary N) is 2. The molecule has 6 nitrogen and oxygen atoms in total. The molecule has 1 aromatic carbocycles. The summed E-state index contributed by atoms with van der Waals surface area (Å²) in [5.41, 5.74) is 2.31. The van der Waals surface area contributed by atoms with Gasteiger partial charge < -0.3 is 15.4 Å². The van der Waals surface area contributed by atoms with Gasteiger partial charge in [0.05, 0.1) is 18.4 Å². The van der Waals surface area contributed by atoms with Crippen LogP contribution in [-0.4, -0.2) is 29.0 Å². The molecule has 2 N–H and O–H groups in total. The maximum Gasteiger partial charge on any atom is 0.254 e. The van der Waals surface area contributed by atoms with Crippen LogP contribution in [0.5, 0.6) is 5.75 Å². The average molecular weight is 368 g/mol. The Kier molecular flexibility index (Phi) is 6.63.